The number of rotatable bonds is 10. The zero-order chi connectivity index (χ0) is 37.7. The van der Waals surface area contributed by atoms with Gasteiger partial charge in [-0.05, 0) is 55.2 Å². The lowest BCUT2D eigenvalue weighted by Crippen LogP contribution is -2.47. The van der Waals surface area contributed by atoms with Crippen LogP contribution in [0.4, 0.5) is 13.2 Å². The number of benzene rings is 2. The molecule has 4 aromatic rings. The summed E-state index contributed by atoms with van der Waals surface area (Å²) in [7, 11) is -3.61. The van der Waals surface area contributed by atoms with Crippen molar-refractivity contribution in [2.24, 2.45) is 0 Å². The molecular weight excluding hydrogens is 717 g/mol. The highest BCUT2D eigenvalue weighted by Crippen LogP contribution is 2.37. The molecule has 0 aliphatic carbocycles. The Morgan fingerprint density at radius 1 is 1.02 bits per heavy atom. The normalized spacial score (nSPS) is 18.5. The van der Waals surface area contributed by atoms with Gasteiger partial charge >= 0.3 is 11.9 Å². The molecule has 4 N–H and O–H groups in total. The Morgan fingerprint density at radius 2 is 1.77 bits per heavy atom. The number of aromatic nitrogens is 4. The Morgan fingerprint density at radius 3 is 2.47 bits per heavy atom. The van der Waals surface area contributed by atoms with Gasteiger partial charge < -0.3 is 30.2 Å². The first kappa shape index (κ1) is 36.8. The maximum Gasteiger partial charge on any atom is 0.416 e. The molecule has 14 nitrogen and oxygen atoms in total. The number of carbonyl (C=O) groups excluding carboxylic acids is 2. The average Bonchev–Trinajstić information content (AvgIpc) is 3.81. The van der Waals surface area contributed by atoms with Crippen molar-refractivity contribution in [3.05, 3.63) is 74.8 Å². The Balaban J connectivity index is 1.13. The molecule has 3 aliphatic rings. The number of nitrogens with zero attached hydrogens (tertiary/aromatic N) is 5. The van der Waals surface area contributed by atoms with Crippen LogP contribution in [0.1, 0.15) is 58.4 Å². The number of aliphatic hydroxyl groups is 1. The van der Waals surface area contributed by atoms with Crippen molar-refractivity contribution in [2.45, 2.75) is 70.1 Å². The number of piperidine rings is 1. The number of aromatic amines is 2. The number of amides is 2. The van der Waals surface area contributed by atoms with E-state index in [0.717, 1.165) is 51.2 Å². The fraction of sp³-hybridized carbons (Fsp3) is 0.486. The fourth-order valence-corrected chi connectivity index (χ4v) is 8.56. The number of hydrogen-bond acceptors (Lipinski definition) is 8. The lowest BCUT2D eigenvalue weighted by molar-refractivity contribution is -0.138. The minimum absolute atomic E-state index is 0.0425. The quantitative estimate of drug-likeness (QED) is 0.191. The molecule has 1 unspecified atom stereocenters. The lowest BCUT2D eigenvalue weighted by Gasteiger charge is -2.37. The number of alkyl halides is 3. The Kier molecular flexibility index (Phi) is 9.99. The van der Waals surface area contributed by atoms with E-state index in [1.54, 1.807) is 4.68 Å². The molecule has 0 saturated carbocycles. The Hall–Kier alpha value is -4.52. The number of sulfonamides is 1. The van der Waals surface area contributed by atoms with Crippen molar-refractivity contribution in [1.82, 2.24) is 39.2 Å². The van der Waals surface area contributed by atoms with E-state index in [1.807, 2.05) is 4.90 Å². The van der Waals surface area contributed by atoms with Crippen molar-refractivity contribution < 1.29 is 36.3 Å². The molecule has 0 spiro atoms. The largest absolute Gasteiger partial charge is 0.416 e. The maximum atomic E-state index is 14.2. The van der Waals surface area contributed by atoms with Gasteiger partial charge in [0.2, 0.25) is 15.9 Å². The predicted octanol–water partition coefficient (Wildman–Crippen LogP) is 2.43. The van der Waals surface area contributed by atoms with Gasteiger partial charge in [0.15, 0.2) is 0 Å². The highest BCUT2D eigenvalue weighted by molar-refractivity contribution is 7.88. The maximum absolute atomic E-state index is 14.2. The van der Waals surface area contributed by atoms with E-state index in [4.69, 9.17) is 5.10 Å². The van der Waals surface area contributed by atoms with E-state index in [9.17, 15) is 41.1 Å². The van der Waals surface area contributed by atoms with E-state index < -0.39 is 46.0 Å². The molecule has 284 valence electrons. The molecule has 0 bridgehead atoms. The van der Waals surface area contributed by atoms with Crippen molar-refractivity contribution in [3.8, 4) is 11.3 Å². The van der Waals surface area contributed by atoms with Gasteiger partial charge in [0.25, 0.3) is 5.91 Å². The second kappa shape index (κ2) is 14.4. The van der Waals surface area contributed by atoms with Gasteiger partial charge in [0.05, 0.1) is 41.2 Å². The summed E-state index contributed by atoms with van der Waals surface area (Å²) < 4.78 is 70.7. The molecule has 1 atom stereocenters. The van der Waals surface area contributed by atoms with Crippen LogP contribution in [-0.4, -0.2) is 110 Å². The smallest absolute Gasteiger partial charge is 0.390 e. The summed E-state index contributed by atoms with van der Waals surface area (Å²) >= 11 is 0. The molecule has 2 aromatic heterocycles. The van der Waals surface area contributed by atoms with Crippen molar-refractivity contribution >= 4 is 32.9 Å². The summed E-state index contributed by atoms with van der Waals surface area (Å²) in [6, 6.07) is 8.09. The number of H-pyrrole nitrogens is 2. The molecule has 3 aliphatic heterocycles. The van der Waals surface area contributed by atoms with E-state index >= 15 is 0 Å². The minimum Gasteiger partial charge on any atom is -0.390 e. The Bertz CT molecular complexity index is 2210. The fourth-order valence-electron chi connectivity index (χ4n) is 7.77. The zero-order valence-corrected chi connectivity index (χ0v) is 29.9. The summed E-state index contributed by atoms with van der Waals surface area (Å²) in [6.07, 6.45) is -1.07. The van der Waals surface area contributed by atoms with Crippen LogP contribution in [0.15, 0.2) is 41.2 Å². The first-order chi connectivity index (χ1) is 25.1. The van der Waals surface area contributed by atoms with Crippen molar-refractivity contribution in [1.29, 1.82) is 0 Å². The molecule has 2 saturated heterocycles. The van der Waals surface area contributed by atoms with Crippen LogP contribution in [0.5, 0.6) is 0 Å². The number of likely N-dealkylation sites (tertiary alicyclic amines) is 2. The van der Waals surface area contributed by atoms with Crippen LogP contribution in [0.2, 0.25) is 0 Å². The van der Waals surface area contributed by atoms with Crippen LogP contribution in [0, 0.1) is 0 Å². The van der Waals surface area contributed by atoms with Crippen molar-refractivity contribution in [2.75, 3.05) is 39.0 Å². The molecule has 18 heteroatoms. The molecule has 2 fully saturated rings. The zero-order valence-electron chi connectivity index (χ0n) is 29.1. The standard InChI is InChI=1S/C35H41F3N8O6S/c1-53(51,52)44-14-10-30-26(20-44)32(42-46(30)19-25(47)18-43-12-8-24(9-13-43)45-11-2-3-31(45)48)21-4-6-27(35(36,37)38)23(15-21)17-39-33(49)22-5-7-28-29(16-22)41-34(50)40-28/h4-7,15-16,24-25,47H,2-3,8-14,17-20H2,1H3,(H,39,49)(H2,40,41,50). The van der Waals surface area contributed by atoms with Gasteiger partial charge in [-0.2, -0.15) is 22.6 Å². The van der Waals surface area contributed by atoms with Crippen LogP contribution in [-0.2, 0) is 47.0 Å². The van der Waals surface area contributed by atoms with Crippen molar-refractivity contribution in [3.63, 3.8) is 0 Å². The Labute approximate surface area is 303 Å². The van der Waals surface area contributed by atoms with E-state index in [0.29, 0.717) is 46.5 Å². The average molecular weight is 759 g/mol. The summed E-state index contributed by atoms with van der Waals surface area (Å²) in [4.78, 5) is 46.1. The first-order valence-electron chi connectivity index (χ1n) is 17.6. The van der Waals surface area contributed by atoms with E-state index in [2.05, 4.69) is 20.2 Å². The number of imidazole rings is 1. The van der Waals surface area contributed by atoms with Crippen LogP contribution in [0.3, 0.4) is 0 Å². The third-order valence-electron chi connectivity index (χ3n) is 10.4. The highest BCUT2D eigenvalue weighted by atomic mass is 32.2. The third kappa shape index (κ3) is 7.90. The predicted molar refractivity (Wildman–Crippen MR) is 188 cm³/mol. The van der Waals surface area contributed by atoms with Gasteiger partial charge in [0, 0.05) is 87.1 Å². The number of nitrogens with one attached hydrogen (secondary N) is 3. The monoisotopic (exact) mass is 758 g/mol. The number of carbonyl (C=O) groups is 2. The molecule has 2 amide bonds. The highest BCUT2D eigenvalue weighted by Gasteiger charge is 2.36. The number of aliphatic hydroxyl groups excluding tert-OH is 1. The summed E-state index contributed by atoms with van der Waals surface area (Å²) in [5.41, 5.74) is 1.15. The summed E-state index contributed by atoms with van der Waals surface area (Å²) in [5.74, 6) is -0.451. The van der Waals surface area contributed by atoms with Gasteiger partial charge in [-0.15, -0.1) is 0 Å². The van der Waals surface area contributed by atoms with E-state index in [-0.39, 0.29) is 49.1 Å². The number of β-amino-alcohol motifs (C(OH)–C–C–N with tert-alkyl or cyclic N) is 1. The molecule has 7 rings (SSSR count). The van der Waals surface area contributed by atoms with E-state index in [1.165, 1.54) is 34.6 Å². The minimum atomic E-state index is -4.74. The van der Waals surface area contributed by atoms with Gasteiger partial charge in [-0.3, -0.25) is 14.3 Å². The topological polar surface area (TPSA) is 177 Å². The van der Waals surface area contributed by atoms with Gasteiger partial charge in [0.1, 0.15) is 0 Å². The SMILES string of the molecule is CS(=O)(=O)N1CCc2c(c(-c3ccc(C(F)(F)F)c(CNC(=O)c4ccc5[nH]c(=O)[nH]c5c4)c3)nn2CC(O)CN2CCC(N3CCCC3=O)CC2)C1. The molecule has 5 heterocycles. The van der Waals surface area contributed by atoms with Gasteiger partial charge in [-0.1, -0.05) is 6.07 Å². The lowest BCUT2D eigenvalue weighted by atomic mass is 9.97. The summed E-state index contributed by atoms with van der Waals surface area (Å²) in [6.45, 7) is 2.35. The van der Waals surface area contributed by atoms with Crippen LogP contribution in [0.25, 0.3) is 22.3 Å². The third-order valence-corrected chi connectivity index (χ3v) is 11.7. The molecule has 53 heavy (non-hydrogen) atoms. The molecular formula is C35H41F3N8O6S. The number of halogens is 3. The molecule has 0 radical (unpaired) electrons. The summed E-state index contributed by atoms with van der Waals surface area (Å²) in [5, 5.41) is 18.5. The molecule has 2 aromatic carbocycles. The second-order valence-electron chi connectivity index (χ2n) is 14.1. The van der Waals surface area contributed by atoms with Gasteiger partial charge in [-0.25, -0.2) is 13.2 Å². The van der Waals surface area contributed by atoms with Crippen LogP contribution < -0.4 is 11.0 Å². The second-order valence-corrected chi connectivity index (χ2v) is 16.1. The number of hydrogen-bond donors (Lipinski definition) is 4. The first-order valence-corrected chi connectivity index (χ1v) is 19.4. The van der Waals surface area contributed by atoms with Crippen LogP contribution >= 0.6 is 0 Å². The number of fused-ring (bicyclic) bond motifs is 2.